The van der Waals surface area contributed by atoms with Crippen molar-refractivity contribution < 1.29 is 35.3 Å². The van der Waals surface area contributed by atoms with Crippen molar-refractivity contribution >= 4 is 22.2 Å². The second-order valence-electron chi connectivity index (χ2n) is 4.96. The van der Waals surface area contributed by atoms with E-state index < -0.39 is 27.3 Å². The molecule has 0 aliphatic heterocycles. The lowest BCUT2D eigenvalue weighted by Crippen LogP contribution is -2.28. The van der Waals surface area contributed by atoms with Crippen molar-refractivity contribution in [1.29, 1.82) is 0 Å². The number of carbonyl (C=O) groups excluding carboxylic acids is 1. The van der Waals surface area contributed by atoms with Crippen LogP contribution in [0.25, 0.3) is 17.2 Å². The molecule has 2 aromatic rings. The van der Waals surface area contributed by atoms with E-state index in [9.17, 15) is 26.4 Å². The second kappa shape index (κ2) is 7.61. The monoisotopic (exact) mass is 386 g/mol. The number of esters is 1. The van der Waals surface area contributed by atoms with E-state index in [1.165, 1.54) is 6.07 Å². The molecule has 0 N–H and O–H groups in total. The summed E-state index contributed by atoms with van der Waals surface area (Å²) in [6.07, 6.45) is 2.03. The molecule has 2 aromatic carbocycles. The fourth-order valence-electron chi connectivity index (χ4n) is 1.95. The van der Waals surface area contributed by atoms with Crippen LogP contribution in [0.3, 0.4) is 0 Å². The molecule has 0 saturated heterocycles. The topological polar surface area (TPSA) is 69.7 Å². The van der Waals surface area contributed by atoms with Gasteiger partial charge in [0.05, 0.1) is 7.11 Å². The van der Waals surface area contributed by atoms with E-state index in [0.717, 1.165) is 25.3 Å². The molecule has 0 bridgehead atoms. The molecule has 138 valence electrons. The number of methoxy groups -OCH3 is 1. The van der Waals surface area contributed by atoms with Gasteiger partial charge in [0.15, 0.2) is 5.75 Å². The summed E-state index contributed by atoms with van der Waals surface area (Å²) >= 11 is 0. The van der Waals surface area contributed by atoms with Crippen molar-refractivity contribution in [2.45, 2.75) is 5.51 Å². The first kappa shape index (κ1) is 19.5. The van der Waals surface area contributed by atoms with Crippen molar-refractivity contribution in [2.24, 2.45) is 0 Å². The molecule has 0 saturated carbocycles. The zero-order chi connectivity index (χ0) is 19.4. The molecule has 0 aliphatic carbocycles. The molecule has 0 fully saturated rings. The Bertz CT molecular complexity index is 919. The van der Waals surface area contributed by atoms with Crippen LogP contribution >= 0.6 is 0 Å². The van der Waals surface area contributed by atoms with Crippen molar-refractivity contribution in [3.05, 3.63) is 60.2 Å². The summed E-state index contributed by atoms with van der Waals surface area (Å²) in [7, 11) is -4.74. The van der Waals surface area contributed by atoms with Gasteiger partial charge in [0.25, 0.3) is 0 Å². The van der Waals surface area contributed by atoms with E-state index in [4.69, 9.17) is 0 Å². The Kier molecular flexibility index (Phi) is 5.71. The van der Waals surface area contributed by atoms with E-state index in [1.807, 2.05) is 0 Å². The number of ether oxygens (including phenoxy) is 1. The van der Waals surface area contributed by atoms with Gasteiger partial charge in [-0.2, -0.15) is 21.6 Å². The lowest BCUT2D eigenvalue weighted by Gasteiger charge is -2.13. The summed E-state index contributed by atoms with van der Waals surface area (Å²) in [5.41, 5.74) is -4.54. The molecule has 0 spiro atoms. The Balaban J connectivity index is 2.52. The summed E-state index contributed by atoms with van der Waals surface area (Å²) < 4.78 is 69.3. The van der Waals surface area contributed by atoms with Gasteiger partial charge in [-0.05, 0) is 23.3 Å². The zero-order valence-corrected chi connectivity index (χ0v) is 14.2. The summed E-state index contributed by atoms with van der Waals surface area (Å²) in [6, 6.07) is 12.6. The zero-order valence-electron chi connectivity index (χ0n) is 13.4. The van der Waals surface area contributed by atoms with Gasteiger partial charge in [-0.1, -0.05) is 42.5 Å². The average molecular weight is 386 g/mol. The van der Waals surface area contributed by atoms with Crippen LogP contribution in [0.5, 0.6) is 5.75 Å². The lowest BCUT2D eigenvalue weighted by atomic mass is 10.0. The lowest BCUT2D eigenvalue weighted by molar-refractivity contribution is -0.134. The highest BCUT2D eigenvalue weighted by Gasteiger charge is 2.48. The Hall–Kier alpha value is -2.81. The van der Waals surface area contributed by atoms with E-state index in [0.29, 0.717) is 11.1 Å². The van der Waals surface area contributed by atoms with Gasteiger partial charge in [-0.25, -0.2) is 4.79 Å². The quantitative estimate of drug-likeness (QED) is 0.339. The highest BCUT2D eigenvalue weighted by molar-refractivity contribution is 7.88. The number of rotatable bonds is 5. The van der Waals surface area contributed by atoms with Crippen molar-refractivity contribution in [2.75, 3.05) is 7.11 Å². The molecule has 0 amide bonds. The van der Waals surface area contributed by atoms with Gasteiger partial charge in [0.1, 0.15) is 0 Å². The minimum atomic E-state index is -5.87. The third kappa shape index (κ3) is 4.63. The van der Waals surface area contributed by atoms with Gasteiger partial charge >= 0.3 is 21.6 Å². The summed E-state index contributed by atoms with van der Waals surface area (Å²) in [5.74, 6) is -1.33. The van der Waals surface area contributed by atoms with Crippen LogP contribution in [-0.2, 0) is 19.6 Å². The molecule has 9 heteroatoms. The van der Waals surface area contributed by atoms with Gasteiger partial charge in [0, 0.05) is 11.6 Å². The number of hydrogen-bond acceptors (Lipinski definition) is 5. The highest BCUT2D eigenvalue weighted by atomic mass is 32.2. The van der Waals surface area contributed by atoms with Crippen molar-refractivity contribution in [1.82, 2.24) is 0 Å². The number of hydrogen-bond donors (Lipinski definition) is 0. The van der Waals surface area contributed by atoms with Crippen LogP contribution in [0.4, 0.5) is 13.2 Å². The third-order valence-corrected chi connectivity index (χ3v) is 4.17. The third-order valence-electron chi connectivity index (χ3n) is 3.20. The maximum atomic E-state index is 12.6. The van der Waals surface area contributed by atoms with Crippen LogP contribution in [0.15, 0.2) is 54.6 Å². The number of halogens is 3. The summed E-state index contributed by atoms with van der Waals surface area (Å²) in [5, 5.41) is 0. The van der Waals surface area contributed by atoms with Crippen molar-refractivity contribution in [3.8, 4) is 16.9 Å². The minimum Gasteiger partial charge on any atom is -0.466 e. The van der Waals surface area contributed by atoms with E-state index >= 15 is 0 Å². The minimum absolute atomic E-state index is 0.0390. The molecule has 0 aliphatic rings. The Morgan fingerprint density at radius 2 is 1.69 bits per heavy atom. The van der Waals surface area contributed by atoms with Gasteiger partial charge in [0.2, 0.25) is 0 Å². The predicted octanol–water partition coefficient (Wildman–Crippen LogP) is 3.77. The van der Waals surface area contributed by atoms with Crippen LogP contribution in [0.2, 0.25) is 0 Å². The van der Waals surface area contributed by atoms with E-state index in [1.54, 1.807) is 36.4 Å². The Morgan fingerprint density at radius 1 is 1.04 bits per heavy atom. The molecule has 2 rings (SSSR count). The number of alkyl halides is 3. The molecule has 0 unspecified atom stereocenters. The first-order valence-electron chi connectivity index (χ1n) is 7.10. The molecular weight excluding hydrogens is 373 g/mol. The van der Waals surface area contributed by atoms with E-state index in [-0.39, 0.29) is 5.56 Å². The SMILES string of the molecule is COC(=O)/C=C/c1ccc(-c2ccccc2)cc1OS(=O)(=O)C(F)(F)F. The van der Waals surface area contributed by atoms with Gasteiger partial charge in [-0.3, -0.25) is 0 Å². The normalized spacial score (nSPS) is 12.2. The molecular formula is C17H13F3O5S. The maximum absolute atomic E-state index is 12.6. The molecule has 0 radical (unpaired) electrons. The van der Waals surface area contributed by atoms with Gasteiger partial charge < -0.3 is 8.92 Å². The molecule has 0 atom stereocenters. The Morgan fingerprint density at radius 3 is 2.27 bits per heavy atom. The highest BCUT2D eigenvalue weighted by Crippen LogP contribution is 2.33. The average Bonchev–Trinajstić information content (AvgIpc) is 2.59. The van der Waals surface area contributed by atoms with E-state index in [2.05, 4.69) is 8.92 Å². The predicted molar refractivity (Wildman–Crippen MR) is 88.5 cm³/mol. The number of carbonyl (C=O) groups is 1. The fraction of sp³-hybridized carbons (Fsp3) is 0.118. The largest absolute Gasteiger partial charge is 0.534 e. The smallest absolute Gasteiger partial charge is 0.466 e. The first-order valence-corrected chi connectivity index (χ1v) is 8.51. The van der Waals surface area contributed by atoms with Crippen LogP contribution < -0.4 is 4.18 Å². The molecule has 26 heavy (non-hydrogen) atoms. The second-order valence-corrected chi connectivity index (χ2v) is 6.50. The Labute approximate surface area is 147 Å². The van der Waals surface area contributed by atoms with Crippen LogP contribution in [0, 0.1) is 0 Å². The summed E-state index contributed by atoms with van der Waals surface area (Å²) in [4.78, 5) is 11.2. The van der Waals surface area contributed by atoms with Crippen molar-refractivity contribution in [3.63, 3.8) is 0 Å². The maximum Gasteiger partial charge on any atom is 0.534 e. The molecule has 0 heterocycles. The first-order chi connectivity index (χ1) is 12.1. The summed E-state index contributed by atoms with van der Waals surface area (Å²) in [6.45, 7) is 0. The molecule has 5 nitrogen and oxygen atoms in total. The van der Waals surface area contributed by atoms with Crippen LogP contribution in [0.1, 0.15) is 5.56 Å². The fourth-order valence-corrected chi connectivity index (χ4v) is 2.42. The number of benzene rings is 2. The van der Waals surface area contributed by atoms with Crippen LogP contribution in [-0.4, -0.2) is 27.0 Å². The molecule has 0 aromatic heterocycles. The van der Waals surface area contributed by atoms with Gasteiger partial charge in [-0.15, -0.1) is 0 Å². The standard InChI is InChI=1S/C17H13F3O5S/c1-24-16(21)10-9-13-7-8-14(12-5-3-2-4-6-12)11-15(13)25-26(22,23)17(18,19)20/h2-11H,1H3/b10-9+.